The summed E-state index contributed by atoms with van der Waals surface area (Å²) in [7, 11) is 0. The summed E-state index contributed by atoms with van der Waals surface area (Å²) < 4.78 is 25.6. The molecule has 0 amide bonds. The van der Waals surface area contributed by atoms with Crippen LogP contribution in [-0.2, 0) is 0 Å². The fourth-order valence-electron chi connectivity index (χ4n) is 1.10. The monoisotopic (exact) mass is 282 g/mol. The van der Waals surface area contributed by atoms with Crippen molar-refractivity contribution in [1.82, 2.24) is 0 Å². The van der Waals surface area contributed by atoms with E-state index in [-0.39, 0.29) is 10.6 Å². The molecule has 1 aromatic rings. The number of halogens is 4. The van der Waals surface area contributed by atoms with Crippen LogP contribution in [0.15, 0.2) is 16.6 Å². The van der Waals surface area contributed by atoms with E-state index in [1.54, 1.807) is 0 Å². The lowest BCUT2D eigenvalue weighted by Gasteiger charge is -2.08. The van der Waals surface area contributed by atoms with E-state index in [2.05, 4.69) is 15.9 Å². The molecule has 0 N–H and O–H groups in total. The number of Topliss-reactive ketones (excluding diaryl/α,β-unsaturated/α-hetero) is 1. The summed E-state index contributed by atoms with van der Waals surface area (Å²) in [6.07, 6.45) is -2.74. The van der Waals surface area contributed by atoms with Crippen molar-refractivity contribution in [2.24, 2.45) is 0 Å². The number of ketones is 1. The van der Waals surface area contributed by atoms with Gasteiger partial charge in [-0.25, -0.2) is 8.78 Å². The normalized spacial score (nSPS) is 10.7. The van der Waals surface area contributed by atoms with E-state index >= 15 is 0 Å². The average molecular weight is 283 g/mol. The molecule has 0 radical (unpaired) electrons. The SMILES string of the molecule is CC(=O)c1cc(Br)cc(Cl)c1C(F)F. The van der Waals surface area contributed by atoms with E-state index in [4.69, 9.17) is 11.6 Å². The molecule has 0 atom stereocenters. The van der Waals surface area contributed by atoms with Crippen molar-refractivity contribution in [2.45, 2.75) is 13.3 Å². The van der Waals surface area contributed by atoms with E-state index in [0.29, 0.717) is 4.47 Å². The summed E-state index contributed by atoms with van der Waals surface area (Å²) in [4.78, 5) is 11.1. The standard InChI is InChI=1S/C9H6BrClF2O/c1-4(14)6-2-5(10)3-7(11)8(6)9(12)13/h2-3,9H,1H3. The van der Waals surface area contributed by atoms with Crippen LogP contribution >= 0.6 is 27.5 Å². The zero-order valence-corrected chi connectivity index (χ0v) is 9.49. The number of hydrogen-bond acceptors (Lipinski definition) is 1. The van der Waals surface area contributed by atoms with Crippen LogP contribution < -0.4 is 0 Å². The summed E-state index contributed by atoms with van der Waals surface area (Å²) >= 11 is 8.69. The van der Waals surface area contributed by atoms with Crippen LogP contribution in [0.4, 0.5) is 8.78 Å². The molecule has 0 bridgehead atoms. The second-order valence-electron chi connectivity index (χ2n) is 2.71. The lowest BCUT2D eigenvalue weighted by atomic mass is 10.0. The first kappa shape index (κ1) is 11.6. The Morgan fingerprint density at radius 2 is 2.07 bits per heavy atom. The molecule has 0 aliphatic rings. The number of carbonyl (C=O) groups is 1. The zero-order chi connectivity index (χ0) is 10.9. The van der Waals surface area contributed by atoms with Gasteiger partial charge in [-0.1, -0.05) is 27.5 Å². The molecule has 0 aliphatic carbocycles. The van der Waals surface area contributed by atoms with Crippen molar-refractivity contribution < 1.29 is 13.6 Å². The highest BCUT2D eigenvalue weighted by Gasteiger charge is 2.20. The molecule has 76 valence electrons. The molecule has 1 nitrogen and oxygen atoms in total. The minimum atomic E-state index is -2.74. The van der Waals surface area contributed by atoms with Gasteiger partial charge in [-0.15, -0.1) is 0 Å². The van der Waals surface area contributed by atoms with Crippen LogP contribution in [0, 0.1) is 0 Å². The fraction of sp³-hybridized carbons (Fsp3) is 0.222. The van der Waals surface area contributed by atoms with Crippen molar-refractivity contribution in [1.29, 1.82) is 0 Å². The van der Waals surface area contributed by atoms with Gasteiger partial charge in [-0.05, 0) is 19.1 Å². The number of carbonyl (C=O) groups excluding carboxylic acids is 1. The van der Waals surface area contributed by atoms with Crippen LogP contribution in [0.25, 0.3) is 0 Å². The van der Waals surface area contributed by atoms with Crippen molar-refractivity contribution in [3.8, 4) is 0 Å². The van der Waals surface area contributed by atoms with Gasteiger partial charge in [0.15, 0.2) is 5.78 Å². The van der Waals surface area contributed by atoms with Gasteiger partial charge >= 0.3 is 0 Å². The Labute approximate surface area is 93.2 Å². The van der Waals surface area contributed by atoms with Gasteiger partial charge in [0.05, 0.1) is 5.02 Å². The third-order valence-corrected chi connectivity index (χ3v) is 2.46. The van der Waals surface area contributed by atoms with Crippen molar-refractivity contribution >= 4 is 33.3 Å². The zero-order valence-electron chi connectivity index (χ0n) is 7.15. The maximum Gasteiger partial charge on any atom is 0.265 e. The van der Waals surface area contributed by atoms with E-state index in [1.807, 2.05) is 0 Å². The average Bonchev–Trinajstić information content (AvgIpc) is 2.01. The predicted octanol–water partition coefficient (Wildman–Crippen LogP) is 4.24. The first-order chi connectivity index (χ1) is 6.43. The first-order valence-corrected chi connectivity index (χ1v) is 4.88. The van der Waals surface area contributed by atoms with Crippen LogP contribution in [0.2, 0.25) is 5.02 Å². The molecule has 5 heteroatoms. The smallest absolute Gasteiger partial charge is 0.265 e. The fourth-order valence-corrected chi connectivity index (χ4v) is 1.99. The summed E-state index contributed by atoms with van der Waals surface area (Å²) in [5.74, 6) is -0.427. The second kappa shape index (κ2) is 4.36. The molecule has 1 rings (SSSR count). The number of alkyl halides is 2. The lowest BCUT2D eigenvalue weighted by molar-refractivity contribution is 0.0999. The lowest BCUT2D eigenvalue weighted by Crippen LogP contribution is -2.01. The number of hydrogen-bond donors (Lipinski definition) is 0. The minimum absolute atomic E-state index is 0.0422. The summed E-state index contributed by atoms with van der Waals surface area (Å²) in [5.41, 5.74) is -0.443. The highest BCUT2D eigenvalue weighted by atomic mass is 79.9. The number of benzene rings is 1. The Hall–Kier alpha value is -0.480. The quantitative estimate of drug-likeness (QED) is 0.742. The molecule has 0 heterocycles. The van der Waals surface area contributed by atoms with E-state index in [9.17, 15) is 13.6 Å². The molecule has 0 fully saturated rings. The Bertz CT molecular complexity index is 379. The van der Waals surface area contributed by atoms with Gasteiger partial charge in [0.25, 0.3) is 6.43 Å². The Morgan fingerprint density at radius 3 is 2.50 bits per heavy atom. The molecule has 0 aromatic heterocycles. The molecular formula is C9H6BrClF2O. The van der Waals surface area contributed by atoms with E-state index in [0.717, 1.165) is 0 Å². The van der Waals surface area contributed by atoms with Gasteiger partial charge in [0, 0.05) is 15.6 Å². The third kappa shape index (κ3) is 2.30. The third-order valence-electron chi connectivity index (χ3n) is 1.69. The van der Waals surface area contributed by atoms with Crippen LogP contribution in [0.1, 0.15) is 29.3 Å². The van der Waals surface area contributed by atoms with Crippen LogP contribution in [-0.4, -0.2) is 5.78 Å². The van der Waals surface area contributed by atoms with Gasteiger partial charge in [0.2, 0.25) is 0 Å². The first-order valence-electron chi connectivity index (χ1n) is 3.71. The molecule has 0 saturated heterocycles. The summed E-state index contributed by atoms with van der Waals surface area (Å²) in [6.45, 7) is 1.23. The largest absolute Gasteiger partial charge is 0.294 e. The van der Waals surface area contributed by atoms with E-state index < -0.39 is 17.8 Å². The minimum Gasteiger partial charge on any atom is -0.294 e. The van der Waals surface area contributed by atoms with Gasteiger partial charge in [-0.2, -0.15) is 0 Å². The molecule has 0 aliphatic heterocycles. The Kier molecular flexibility index (Phi) is 3.61. The van der Waals surface area contributed by atoms with Crippen molar-refractivity contribution in [3.05, 3.63) is 32.8 Å². The van der Waals surface area contributed by atoms with Crippen molar-refractivity contribution in [3.63, 3.8) is 0 Å². The molecule has 0 spiro atoms. The predicted molar refractivity (Wildman–Crippen MR) is 54.1 cm³/mol. The maximum atomic E-state index is 12.5. The molecule has 1 aromatic carbocycles. The second-order valence-corrected chi connectivity index (χ2v) is 4.03. The summed E-state index contributed by atoms with van der Waals surface area (Å²) in [6, 6.07) is 2.69. The molecule has 0 saturated carbocycles. The van der Waals surface area contributed by atoms with E-state index in [1.165, 1.54) is 19.1 Å². The van der Waals surface area contributed by atoms with Crippen LogP contribution in [0.3, 0.4) is 0 Å². The maximum absolute atomic E-state index is 12.5. The molecule has 0 unspecified atom stereocenters. The highest BCUT2D eigenvalue weighted by Crippen LogP contribution is 2.33. The Balaban J connectivity index is 3.44. The number of rotatable bonds is 2. The summed E-state index contributed by atoms with van der Waals surface area (Å²) in [5, 5.41) is -0.0976. The molecular weight excluding hydrogens is 277 g/mol. The molecule has 14 heavy (non-hydrogen) atoms. The van der Waals surface area contributed by atoms with Gasteiger partial charge in [-0.3, -0.25) is 4.79 Å². The van der Waals surface area contributed by atoms with Gasteiger partial charge in [0.1, 0.15) is 0 Å². The van der Waals surface area contributed by atoms with Crippen molar-refractivity contribution in [2.75, 3.05) is 0 Å². The topological polar surface area (TPSA) is 17.1 Å². The van der Waals surface area contributed by atoms with Gasteiger partial charge < -0.3 is 0 Å². The highest BCUT2D eigenvalue weighted by molar-refractivity contribution is 9.10. The Morgan fingerprint density at radius 1 is 1.50 bits per heavy atom. The van der Waals surface area contributed by atoms with Crippen LogP contribution in [0.5, 0.6) is 0 Å².